The number of amides is 1. The van der Waals surface area contributed by atoms with E-state index in [0.717, 1.165) is 17.8 Å². The number of hydrogen-bond acceptors (Lipinski definition) is 5. The van der Waals surface area contributed by atoms with E-state index in [1.54, 1.807) is 25.1 Å². The van der Waals surface area contributed by atoms with Crippen LogP contribution in [-0.2, 0) is 9.59 Å². The number of methoxy groups -OCH3 is 2. The van der Waals surface area contributed by atoms with Gasteiger partial charge in [-0.2, -0.15) is 0 Å². The average molecular weight is 454 g/mol. The van der Waals surface area contributed by atoms with Gasteiger partial charge in [0.15, 0.2) is 17.3 Å². The molecule has 0 unspecified atom stereocenters. The fourth-order valence-corrected chi connectivity index (χ4v) is 4.52. The van der Waals surface area contributed by atoms with Crippen LogP contribution >= 0.6 is 0 Å². The van der Waals surface area contributed by atoms with Gasteiger partial charge in [-0.15, -0.1) is 0 Å². The van der Waals surface area contributed by atoms with Gasteiger partial charge in [0.2, 0.25) is 0 Å². The van der Waals surface area contributed by atoms with Gasteiger partial charge in [0.1, 0.15) is 11.6 Å². The summed E-state index contributed by atoms with van der Waals surface area (Å²) >= 11 is 0. The number of carbonyl (C=O) groups is 2. The highest BCUT2D eigenvalue weighted by molar-refractivity contribution is 6.10. The SMILES string of the molecule is COc1cccc([C@H]2C(C(=O)Nc3ccc(F)cc3F)=C(C)NC3=C2C(=O)CCC3)c1OC. The van der Waals surface area contributed by atoms with Crippen LogP contribution in [0.15, 0.2) is 58.9 Å². The zero-order valence-electron chi connectivity index (χ0n) is 18.6. The lowest BCUT2D eigenvalue weighted by molar-refractivity contribution is -0.116. The highest BCUT2D eigenvalue weighted by Gasteiger charge is 2.40. The first kappa shape index (κ1) is 22.5. The molecule has 0 fully saturated rings. The van der Waals surface area contributed by atoms with Crippen LogP contribution < -0.4 is 20.1 Å². The molecule has 0 spiro atoms. The zero-order chi connectivity index (χ0) is 23.7. The molecule has 1 aliphatic heterocycles. The Morgan fingerprint density at radius 2 is 1.91 bits per heavy atom. The van der Waals surface area contributed by atoms with E-state index in [2.05, 4.69) is 10.6 Å². The number of halogens is 2. The number of para-hydroxylation sites is 1. The second kappa shape index (κ2) is 9.05. The van der Waals surface area contributed by atoms with E-state index in [1.807, 2.05) is 0 Å². The number of dihydropyridines is 1. The Kier molecular flexibility index (Phi) is 6.18. The van der Waals surface area contributed by atoms with Gasteiger partial charge in [-0.05, 0) is 38.0 Å². The summed E-state index contributed by atoms with van der Waals surface area (Å²) in [6.07, 6.45) is 1.74. The summed E-state index contributed by atoms with van der Waals surface area (Å²) in [5.74, 6) is -2.20. The van der Waals surface area contributed by atoms with Crippen molar-refractivity contribution in [3.63, 3.8) is 0 Å². The van der Waals surface area contributed by atoms with E-state index in [4.69, 9.17) is 9.47 Å². The van der Waals surface area contributed by atoms with Crippen LogP contribution in [0.2, 0.25) is 0 Å². The predicted molar refractivity (Wildman–Crippen MR) is 119 cm³/mol. The first-order valence-electron chi connectivity index (χ1n) is 10.6. The van der Waals surface area contributed by atoms with E-state index in [1.165, 1.54) is 14.2 Å². The molecule has 0 aromatic heterocycles. The third-order valence-corrected chi connectivity index (χ3v) is 5.94. The van der Waals surface area contributed by atoms with Gasteiger partial charge in [0, 0.05) is 40.6 Å². The number of Topliss-reactive ketones (excluding diaryl/α,β-unsaturated/α-hetero) is 1. The Morgan fingerprint density at radius 3 is 2.61 bits per heavy atom. The first-order chi connectivity index (χ1) is 15.8. The standard InChI is InChI=1S/C25H24F2N2O4/c1-13-21(25(31)29-17-11-10-14(26)12-16(17)27)22(23-18(28-13)7-5-8-19(23)30)15-6-4-9-20(32-2)24(15)33-3/h4,6,9-12,22,28H,5,7-8H2,1-3H3,(H,29,31)/t22-/m0/s1. The first-order valence-corrected chi connectivity index (χ1v) is 10.6. The second-order valence-corrected chi connectivity index (χ2v) is 7.93. The number of anilines is 1. The Balaban J connectivity index is 1.86. The lowest BCUT2D eigenvalue weighted by atomic mass is 9.74. The van der Waals surface area contributed by atoms with Crippen LogP contribution in [0.25, 0.3) is 0 Å². The maximum absolute atomic E-state index is 14.3. The van der Waals surface area contributed by atoms with E-state index in [9.17, 15) is 18.4 Å². The molecule has 4 rings (SSSR count). The minimum Gasteiger partial charge on any atom is -0.493 e. The molecule has 2 aromatic carbocycles. The third kappa shape index (κ3) is 4.08. The highest BCUT2D eigenvalue weighted by Crippen LogP contribution is 2.47. The van der Waals surface area contributed by atoms with Crippen molar-refractivity contribution in [1.82, 2.24) is 5.32 Å². The molecule has 0 radical (unpaired) electrons. The van der Waals surface area contributed by atoms with Gasteiger partial charge >= 0.3 is 0 Å². The van der Waals surface area contributed by atoms with Crippen LogP contribution in [0.4, 0.5) is 14.5 Å². The topological polar surface area (TPSA) is 76.7 Å². The quantitative estimate of drug-likeness (QED) is 0.691. The lowest BCUT2D eigenvalue weighted by Crippen LogP contribution is -2.35. The van der Waals surface area contributed by atoms with Crippen LogP contribution in [0.5, 0.6) is 11.5 Å². The molecule has 2 N–H and O–H groups in total. The van der Waals surface area contributed by atoms with Crippen LogP contribution in [0.3, 0.4) is 0 Å². The smallest absolute Gasteiger partial charge is 0.254 e. The van der Waals surface area contributed by atoms with Crippen molar-refractivity contribution >= 4 is 17.4 Å². The van der Waals surface area contributed by atoms with Crippen molar-refractivity contribution in [1.29, 1.82) is 0 Å². The van der Waals surface area contributed by atoms with Gasteiger partial charge in [-0.25, -0.2) is 8.78 Å². The maximum atomic E-state index is 14.3. The molecule has 8 heteroatoms. The van der Waals surface area contributed by atoms with Crippen molar-refractivity contribution < 1.29 is 27.8 Å². The number of allylic oxidation sites excluding steroid dienone is 3. The molecule has 1 atom stereocenters. The fraction of sp³-hybridized carbons (Fsp3) is 0.280. The normalized spacial score (nSPS) is 18.0. The summed E-state index contributed by atoms with van der Waals surface area (Å²) in [7, 11) is 3.00. The van der Waals surface area contributed by atoms with Crippen LogP contribution in [0.1, 0.15) is 37.7 Å². The number of nitrogens with one attached hydrogen (secondary N) is 2. The second-order valence-electron chi connectivity index (χ2n) is 7.93. The molecule has 0 bridgehead atoms. The zero-order valence-corrected chi connectivity index (χ0v) is 18.6. The van der Waals surface area contributed by atoms with Gasteiger partial charge in [-0.3, -0.25) is 9.59 Å². The summed E-state index contributed by atoms with van der Waals surface area (Å²) < 4.78 is 38.6. The summed E-state index contributed by atoms with van der Waals surface area (Å²) in [4.78, 5) is 26.5. The summed E-state index contributed by atoms with van der Waals surface area (Å²) in [6, 6.07) is 8.19. The van der Waals surface area contributed by atoms with E-state index < -0.39 is 23.5 Å². The van der Waals surface area contributed by atoms with E-state index >= 15 is 0 Å². The molecular formula is C25H24F2N2O4. The number of carbonyl (C=O) groups excluding carboxylic acids is 2. The fourth-order valence-electron chi connectivity index (χ4n) is 4.52. The predicted octanol–water partition coefficient (Wildman–Crippen LogP) is 4.59. The number of hydrogen-bond donors (Lipinski definition) is 2. The minimum absolute atomic E-state index is 0.0654. The minimum atomic E-state index is -0.894. The molecular weight excluding hydrogens is 430 g/mol. The van der Waals surface area contributed by atoms with Crippen molar-refractivity contribution in [3.8, 4) is 11.5 Å². The molecule has 2 aromatic rings. The van der Waals surface area contributed by atoms with E-state index in [-0.39, 0.29) is 17.0 Å². The lowest BCUT2D eigenvalue weighted by Gasteiger charge is -2.35. The van der Waals surface area contributed by atoms with Gasteiger partial charge in [-0.1, -0.05) is 12.1 Å². The number of benzene rings is 2. The molecule has 172 valence electrons. The Bertz CT molecular complexity index is 1200. The van der Waals surface area contributed by atoms with Gasteiger partial charge < -0.3 is 20.1 Å². The molecule has 0 saturated heterocycles. The molecule has 2 aliphatic rings. The molecule has 6 nitrogen and oxygen atoms in total. The van der Waals surface area contributed by atoms with Crippen LogP contribution in [0, 0.1) is 11.6 Å². The largest absolute Gasteiger partial charge is 0.493 e. The van der Waals surface area contributed by atoms with E-state index in [0.29, 0.717) is 53.7 Å². The molecule has 1 heterocycles. The molecule has 1 aliphatic carbocycles. The molecule has 1 amide bonds. The summed E-state index contributed by atoms with van der Waals surface area (Å²) in [5, 5.41) is 5.74. The van der Waals surface area contributed by atoms with Crippen molar-refractivity contribution in [2.24, 2.45) is 0 Å². The van der Waals surface area contributed by atoms with Gasteiger partial charge in [0.25, 0.3) is 5.91 Å². The molecule has 0 saturated carbocycles. The summed E-state index contributed by atoms with van der Waals surface area (Å²) in [5.41, 5.74) is 2.47. The number of ketones is 1. The molecule has 33 heavy (non-hydrogen) atoms. The Labute approximate surface area is 190 Å². The monoisotopic (exact) mass is 454 g/mol. The Hall–Kier alpha value is -3.68. The highest BCUT2D eigenvalue weighted by atomic mass is 19.1. The van der Waals surface area contributed by atoms with Crippen molar-refractivity contribution in [2.75, 3.05) is 19.5 Å². The third-order valence-electron chi connectivity index (χ3n) is 5.94. The summed E-state index contributed by atoms with van der Waals surface area (Å²) in [6.45, 7) is 1.73. The van der Waals surface area contributed by atoms with Crippen LogP contribution in [-0.4, -0.2) is 25.9 Å². The van der Waals surface area contributed by atoms with Crippen molar-refractivity contribution in [3.05, 3.63) is 76.1 Å². The number of ether oxygens (including phenoxy) is 2. The average Bonchev–Trinajstić information content (AvgIpc) is 2.79. The maximum Gasteiger partial charge on any atom is 0.254 e. The Morgan fingerprint density at radius 1 is 1.12 bits per heavy atom. The number of rotatable bonds is 5. The van der Waals surface area contributed by atoms with Gasteiger partial charge in [0.05, 0.1) is 25.8 Å². The van der Waals surface area contributed by atoms with Crippen molar-refractivity contribution in [2.45, 2.75) is 32.1 Å².